The number of benzene rings is 1. The highest BCUT2D eigenvalue weighted by Crippen LogP contribution is 2.06. The highest BCUT2D eigenvalue weighted by molar-refractivity contribution is 14.1. The molecule has 1 aromatic carbocycles. The number of nitrogens with one attached hydrogen (secondary N) is 1. The van der Waals surface area contributed by atoms with Crippen LogP contribution in [0.2, 0.25) is 0 Å². The second kappa shape index (κ2) is 6.85. The Bertz CT molecular complexity index is 335. The van der Waals surface area contributed by atoms with Crippen LogP contribution in [0.25, 0.3) is 0 Å². The summed E-state index contributed by atoms with van der Waals surface area (Å²) in [4.78, 5) is 13.8. The molecule has 3 nitrogen and oxygen atoms in total. The Hall–Kier alpha value is -0.620. The summed E-state index contributed by atoms with van der Waals surface area (Å²) in [5, 5.41) is 2.91. The van der Waals surface area contributed by atoms with E-state index in [0.29, 0.717) is 0 Å². The quantitative estimate of drug-likeness (QED) is 0.508. The third kappa shape index (κ3) is 4.94. The lowest BCUT2D eigenvalue weighted by Gasteiger charge is -2.09. The van der Waals surface area contributed by atoms with E-state index in [1.165, 1.54) is 0 Å². The molecule has 0 aliphatic carbocycles. The van der Waals surface area contributed by atoms with Gasteiger partial charge in [0.25, 0.3) is 5.91 Å². The number of amides is 1. The Balaban J connectivity index is 2.32. The molecule has 0 bridgehead atoms. The first-order valence-corrected chi connectivity index (χ1v) is 6.36. The Morgan fingerprint density at radius 2 is 1.94 bits per heavy atom. The van der Waals surface area contributed by atoms with Crippen LogP contribution < -0.4 is 5.32 Å². The van der Waals surface area contributed by atoms with Crippen LogP contribution in [0.4, 0.5) is 0 Å². The van der Waals surface area contributed by atoms with Crippen molar-refractivity contribution in [1.82, 2.24) is 10.2 Å². The normalized spacial score (nSPS) is 10.5. The maximum Gasteiger partial charge on any atom is 0.251 e. The molecule has 0 aromatic heterocycles. The second-order valence-corrected chi connectivity index (χ2v) is 5.17. The zero-order valence-electron chi connectivity index (χ0n) is 9.66. The zero-order chi connectivity index (χ0) is 12.0. The van der Waals surface area contributed by atoms with Gasteiger partial charge in [-0.3, -0.25) is 4.79 Å². The van der Waals surface area contributed by atoms with Gasteiger partial charge in [0.1, 0.15) is 0 Å². The average molecular weight is 333 g/mol. The molecule has 0 unspecified atom stereocenters. The van der Waals surface area contributed by atoms with E-state index in [4.69, 9.17) is 0 Å². The van der Waals surface area contributed by atoms with Gasteiger partial charge in [-0.1, -0.05) is 0 Å². The minimum atomic E-state index is 0.00940. The zero-order valence-corrected chi connectivity index (χ0v) is 11.8. The second-order valence-electron chi connectivity index (χ2n) is 3.92. The minimum Gasteiger partial charge on any atom is -0.352 e. The number of halogens is 1. The van der Waals surface area contributed by atoms with Crippen LogP contribution in [0.3, 0.4) is 0 Å². The fourth-order valence-electron chi connectivity index (χ4n) is 1.30. The molecule has 0 radical (unpaired) electrons. The number of carbonyl (C=O) groups is 1. The maximum absolute atomic E-state index is 11.7. The van der Waals surface area contributed by atoms with Crippen molar-refractivity contribution in [2.45, 2.75) is 6.42 Å². The molecule has 1 amide bonds. The number of carbonyl (C=O) groups excluding carboxylic acids is 1. The molecule has 1 aromatic rings. The van der Waals surface area contributed by atoms with E-state index < -0.39 is 0 Å². The molecule has 0 saturated carbocycles. The third-order valence-corrected chi connectivity index (χ3v) is 2.89. The predicted molar refractivity (Wildman–Crippen MR) is 74.7 cm³/mol. The average Bonchev–Trinajstić information content (AvgIpc) is 2.25. The van der Waals surface area contributed by atoms with Crippen LogP contribution in [0.5, 0.6) is 0 Å². The summed E-state index contributed by atoms with van der Waals surface area (Å²) in [7, 11) is 4.06. The van der Waals surface area contributed by atoms with Gasteiger partial charge < -0.3 is 10.2 Å². The number of hydrogen-bond donors (Lipinski definition) is 1. The third-order valence-electron chi connectivity index (χ3n) is 2.17. The Morgan fingerprint density at radius 3 is 2.50 bits per heavy atom. The maximum atomic E-state index is 11.7. The van der Waals surface area contributed by atoms with Gasteiger partial charge in [0.15, 0.2) is 0 Å². The molecule has 0 aliphatic rings. The van der Waals surface area contributed by atoms with Crippen molar-refractivity contribution >= 4 is 28.5 Å². The number of nitrogens with zero attached hydrogens (tertiary/aromatic N) is 1. The summed E-state index contributed by atoms with van der Waals surface area (Å²) in [6, 6.07) is 7.58. The van der Waals surface area contributed by atoms with Gasteiger partial charge in [-0.05, 0) is 73.9 Å². The topological polar surface area (TPSA) is 32.3 Å². The summed E-state index contributed by atoms with van der Waals surface area (Å²) < 4.78 is 1.14. The lowest BCUT2D eigenvalue weighted by molar-refractivity contribution is 0.0952. The van der Waals surface area contributed by atoms with Crippen molar-refractivity contribution in [1.29, 1.82) is 0 Å². The molecule has 0 atom stereocenters. The van der Waals surface area contributed by atoms with Gasteiger partial charge in [-0.2, -0.15) is 0 Å². The molecule has 0 saturated heterocycles. The van der Waals surface area contributed by atoms with Crippen molar-refractivity contribution in [3.63, 3.8) is 0 Å². The van der Waals surface area contributed by atoms with Gasteiger partial charge in [0, 0.05) is 15.7 Å². The van der Waals surface area contributed by atoms with E-state index in [-0.39, 0.29) is 5.91 Å². The first-order valence-electron chi connectivity index (χ1n) is 5.28. The van der Waals surface area contributed by atoms with E-state index in [1.54, 1.807) is 0 Å². The highest BCUT2D eigenvalue weighted by Gasteiger charge is 2.03. The summed E-state index contributed by atoms with van der Waals surface area (Å²) in [6.07, 6.45) is 0.975. The van der Waals surface area contributed by atoms with Crippen molar-refractivity contribution in [3.05, 3.63) is 33.4 Å². The number of rotatable bonds is 5. The van der Waals surface area contributed by atoms with Gasteiger partial charge in [-0.25, -0.2) is 0 Å². The Morgan fingerprint density at radius 1 is 1.31 bits per heavy atom. The number of hydrogen-bond acceptors (Lipinski definition) is 2. The van der Waals surface area contributed by atoms with Gasteiger partial charge in [-0.15, -0.1) is 0 Å². The molecular formula is C12H17IN2O. The van der Waals surface area contributed by atoms with E-state index in [9.17, 15) is 4.79 Å². The fraction of sp³-hybridized carbons (Fsp3) is 0.417. The predicted octanol–water partition coefficient (Wildman–Crippen LogP) is 1.97. The molecule has 0 fully saturated rings. The molecule has 0 spiro atoms. The molecule has 4 heteroatoms. The lowest BCUT2D eigenvalue weighted by atomic mass is 10.3. The van der Waals surface area contributed by atoms with E-state index in [0.717, 1.165) is 28.6 Å². The molecule has 88 valence electrons. The van der Waals surface area contributed by atoms with Crippen molar-refractivity contribution in [2.24, 2.45) is 0 Å². The van der Waals surface area contributed by atoms with Gasteiger partial charge in [0.05, 0.1) is 0 Å². The molecule has 16 heavy (non-hydrogen) atoms. The lowest BCUT2D eigenvalue weighted by Crippen LogP contribution is -2.27. The van der Waals surface area contributed by atoms with Crippen molar-refractivity contribution < 1.29 is 4.79 Å². The van der Waals surface area contributed by atoms with E-state index in [2.05, 4.69) is 32.8 Å². The first-order chi connectivity index (χ1) is 7.59. The van der Waals surface area contributed by atoms with Crippen LogP contribution in [0, 0.1) is 3.57 Å². The molecule has 0 aliphatic heterocycles. The van der Waals surface area contributed by atoms with E-state index in [1.807, 2.05) is 38.4 Å². The van der Waals surface area contributed by atoms with Crippen molar-refractivity contribution in [2.75, 3.05) is 27.2 Å². The SMILES string of the molecule is CN(C)CCCN[13C](=O)c1ccc(I)cc1. The summed E-state index contributed by atoms with van der Waals surface area (Å²) in [6.45, 7) is 1.72. The van der Waals surface area contributed by atoms with E-state index >= 15 is 0 Å². The Kier molecular flexibility index (Phi) is 5.76. The molecular weight excluding hydrogens is 316 g/mol. The molecule has 0 heterocycles. The minimum absolute atomic E-state index is 0.00940. The monoisotopic (exact) mass is 333 g/mol. The van der Waals surface area contributed by atoms with Crippen LogP contribution in [0.1, 0.15) is 16.8 Å². The fourth-order valence-corrected chi connectivity index (χ4v) is 1.66. The highest BCUT2D eigenvalue weighted by atomic mass is 127. The molecule has 1 rings (SSSR count). The molecule has 1 N–H and O–H groups in total. The van der Waals surface area contributed by atoms with Crippen LogP contribution in [0.15, 0.2) is 24.3 Å². The summed E-state index contributed by atoms with van der Waals surface area (Å²) in [5.41, 5.74) is 0.727. The van der Waals surface area contributed by atoms with Crippen LogP contribution in [-0.2, 0) is 0 Å². The van der Waals surface area contributed by atoms with Crippen molar-refractivity contribution in [3.8, 4) is 0 Å². The smallest absolute Gasteiger partial charge is 0.251 e. The summed E-state index contributed by atoms with van der Waals surface area (Å²) >= 11 is 2.22. The Labute approximate surface area is 110 Å². The van der Waals surface area contributed by atoms with Crippen LogP contribution >= 0.6 is 22.6 Å². The standard InChI is InChI=1S/C12H17IN2O/c1-15(2)9-3-8-14-12(16)10-4-6-11(13)7-5-10/h4-7H,3,8-9H2,1-2H3,(H,14,16)/i12+1. The largest absolute Gasteiger partial charge is 0.352 e. The van der Waals surface area contributed by atoms with Gasteiger partial charge >= 0.3 is 0 Å². The summed E-state index contributed by atoms with van der Waals surface area (Å²) in [5.74, 6) is 0.00940. The first kappa shape index (κ1) is 13.4. The van der Waals surface area contributed by atoms with Gasteiger partial charge in [0.2, 0.25) is 0 Å². The van der Waals surface area contributed by atoms with Crippen LogP contribution in [-0.4, -0.2) is 38.0 Å².